The minimum Gasteiger partial charge on any atom is -0.313 e. The van der Waals surface area contributed by atoms with Gasteiger partial charge in [-0.3, -0.25) is 0 Å². The van der Waals surface area contributed by atoms with Gasteiger partial charge in [0.25, 0.3) is 0 Å². The van der Waals surface area contributed by atoms with Gasteiger partial charge in [-0.25, -0.2) is 0 Å². The van der Waals surface area contributed by atoms with Crippen molar-refractivity contribution in [1.82, 2.24) is 5.32 Å². The van der Waals surface area contributed by atoms with Crippen LogP contribution in [0.2, 0.25) is 0 Å². The molecule has 0 aromatic heterocycles. The van der Waals surface area contributed by atoms with Crippen LogP contribution in [0.5, 0.6) is 0 Å². The second-order valence-electron chi connectivity index (χ2n) is 3.50. The molecule has 71 valence electrons. The van der Waals surface area contributed by atoms with Crippen LogP contribution in [0, 0.1) is 6.07 Å². The largest absolute Gasteiger partial charge is 0.313 e. The summed E-state index contributed by atoms with van der Waals surface area (Å²) < 4.78 is 0. The first-order valence-corrected chi connectivity index (χ1v) is 4.89. The molecule has 0 heterocycles. The van der Waals surface area contributed by atoms with Crippen molar-refractivity contribution in [3.63, 3.8) is 0 Å². The van der Waals surface area contributed by atoms with Gasteiger partial charge in [0, 0.05) is 6.04 Å². The van der Waals surface area contributed by atoms with Crippen LogP contribution in [0.3, 0.4) is 0 Å². The molecule has 0 fully saturated rings. The molecule has 1 nitrogen and oxygen atoms in total. The molecular formula is C13H14N. The SMILES string of the molecule is CNC(C)c1cccc2cc[c]cc12. The van der Waals surface area contributed by atoms with Crippen LogP contribution >= 0.6 is 0 Å². The first-order chi connectivity index (χ1) is 6.83. The molecule has 14 heavy (non-hydrogen) atoms. The molecule has 1 unspecified atom stereocenters. The van der Waals surface area contributed by atoms with Crippen molar-refractivity contribution >= 4 is 10.8 Å². The summed E-state index contributed by atoms with van der Waals surface area (Å²) in [5, 5.41) is 5.83. The van der Waals surface area contributed by atoms with E-state index in [2.05, 4.69) is 48.6 Å². The number of fused-ring (bicyclic) bond motifs is 1. The molecule has 0 amide bonds. The zero-order chi connectivity index (χ0) is 9.97. The van der Waals surface area contributed by atoms with E-state index in [0.717, 1.165) is 0 Å². The lowest BCUT2D eigenvalue weighted by Gasteiger charge is -2.13. The molecule has 0 saturated heterocycles. The summed E-state index contributed by atoms with van der Waals surface area (Å²) in [5.74, 6) is 0. The van der Waals surface area contributed by atoms with Gasteiger partial charge in [-0.2, -0.15) is 0 Å². The van der Waals surface area contributed by atoms with E-state index < -0.39 is 0 Å². The van der Waals surface area contributed by atoms with E-state index >= 15 is 0 Å². The third-order valence-corrected chi connectivity index (χ3v) is 2.66. The monoisotopic (exact) mass is 184 g/mol. The third-order valence-electron chi connectivity index (χ3n) is 2.66. The highest BCUT2D eigenvalue weighted by Gasteiger charge is 2.05. The van der Waals surface area contributed by atoms with E-state index in [1.165, 1.54) is 16.3 Å². The summed E-state index contributed by atoms with van der Waals surface area (Å²) in [7, 11) is 1.98. The first kappa shape index (κ1) is 9.22. The number of hydrogen-bond acceptors (Lipinski definition) is 1. The average molecular weight is 184 g/mol. The minimum absolute atomic E-state index is 0.384. The molecule has 0 bridgehead atoms. The predicted octanol–water partition coefficient (Wildman–Crippen LogP) is 2.92. The van der Waals surface area contributed by atoms with Crippen LogP contribution in [0.15, 0.2) is 36.4 Å². The van der Waals surface area contributed by atoms with Crippen molar-refractivity contribution in [3.05, 3.63) is 48.0 Å². The Morgan fingerprint density at radius 2 is 2.14 bits per heavy atom. The average Bonchev–Trinajstić information content (AvgIpc) is 2.27. The quantitative estimate of drug-likeness (QED) is 0.756. The van der Waals surface area contributed by atoms with Crippen molar-refractivity contribution in [1.29, 1.82) is 0 Å². The van der Waals surface area contributed by atoms with Crippen molar-refractivity contribution < 1.29 is 0 Å². The maximum atomic E-state index is 3.26. The van der Waals surface area contributed by atoms with Crippen LogP contribution in [-0.4, -0.2) is 7.05 Å². The molecule has 0 saturated carbocycles. The van der Waals surface area contributed by atoms with Crippen LogP contribution < -0.4 is 5.32 Å². The molecule has 1 radical (unpaired) electrons. The Bertz CT molecular complexity index is 429. The van der Waals surface area contributed by atoms with E-state index in [-0.39, 0.29) is 0 Å². The van der Waals surface area contributed by atoms with Crippen molar-refractivity contribution in [2.45, 2.75) is 13.0 Å². The topological polar surface area (TPSA) is 12.0 Å². The van der Waals surface area contributed by atoms with Crippen LogP contribution in [0.4, 0.5) is 0 Å². The van der Waals surface area contributed by atoms with Gasteiger partial charge in [0.2, 0.25) is 0 Å². The summed E-state index contributed by atoms with van der Waals surface area (Å²) in [6.45, 7) is 2.17. The molecule has 1 heteroatoms. The standard InChI is InChI=1S/C13H14N/c1-10(14-2)12-9-5-7-11-6-3-4-8-13(11)12/h3,5-10,14H,1-2H3. The molecule has 2 aromatic rings. The Kier molecular flexibility index (Phi) is 2.51. The van der Waals surface area contributed by atoms with Gasteiger partial charge in [0.05, 0.1) is 0 Å². The van der Waals surface area contributed by atoms with Gasteiger partial charge in [-0.05, 0) is 42.4 Å². The summed E-state index contributed by atoms with van der Waals surface area (Å²) in [6, 6.07) is 16.0. The van der Waals surface area contributed by atoms with Gasteiger partial charge >= 0.3 is 0 Å². The number of benzene rings is 2. The third kappa shape index (κ3) is 1.51. The Labute approximate surface area is 84.8 Å². The maximum absolute atomic E-state index is 3.26. The molecule has 0 aliphatic carbocycles. The molecule has 2 rings (SSSR count). The van der Waals surface area contributed by atoms with Crippen LogP contribution in [0.1, 0.15) is 18.5 Å². The molecule has 0 aliphatic heterocycles. The first-order valence-electron chi connectivity index (χ1n) is 4.89. The molecule has 1 atom stereocenters. The van der Waals surface area contributed by atoms with Gasteiger partial charge < -0.3 is 5.32 Å². The number of rotatable bonds is 2. The van der Waals surface area contributed by atoms with E-state index in [1.807, 2.05) is 13.1 Å². The van der Waals surface area contributed by atoms with E-state index in [4.69, 9.17) is 0 Å². The van der Waals surface area contributed by atoms with Gasteiger partial charge in [-0.15, -0.1) is 0 Å². The fourth-order valence-electron chi connectivity index (χ4n) is 1.72. The Hall–Kier alpha value is -1.34. The second-order valence-corrected chi connectivity index (χ2v) is 3.50. The normalized spacial score (nSPS) is 13.0. The predicted molar refractivity (Wildman–Crippen MR) is 60.3 cm³/mol. The minimum atomic E-state index is 0.384. The highest BCUT2D eigenvalue weighted by molar-refractivity contribution is 5.85. The van der Waals surface area contributed by atoms with E-state index in [0.29, 0.717) is 6.04 Å². The van der Waals surface area contributed by atoms with E-state index in [1.54, 1.807) is 0 Å². The number of hydrogen-bond donors (Lipinski definition) is 1. The summed E-state index contributed by atoms with van der Waals surface area (Å²) >= 11 is 0. The lowest BCUT2D eigenvalue weighted by Crippen LogP contribution is -2.12. The maximum Gasteiger partial charge on any atom is 0.0295 e. The summed E-state index contributed by atoms with van der Waals surface area (Å²) in [5.41, 5.74) is 1.34. The zero-order valence-electron chi connectivity index (χ0n) is 8.54. The zero-order valence-corrected chi connectivity index (χ0v) is 8.54. The van der Waals surface area contributed by atoms with Gasteiger partial charge in [0.1, 0.15) is 0 Å². The fraction of sp³-hybridized carbons (Fsp3) is 0.231. The smallest absolute Gasteiger partial charge is 0.0295 e. The Morgan fingerprint density at radius 1 is 1.29 bits per heavy atom. The van der Waals surface area contributed by atoms with Crippen LogP contribution in [-0.2, 0) is 0 Å². The lowest BCUT2D eigenvalue weighted by molar-refractivity contribution is 0.657. The molecule has 2 aromatic carbocycles. The Morgan fingerprint density at radius 3 is 2.93 bits per heavy atom. The summed E-state index contributed by atoms with van der Waals surface area (Å²) in [4.78, 5) is 0. The molecule has 1 N–H and O–H groups in total. The van der Waals surface area contributed by atoms with E-state index in [9.17, 15) is 0 Å². The lowest BCUT2D eigenvalue weighted by atomic mass is 10.00. The molecule has 0 spiro atoms. The van der Waals surface area contributed by atoms with Gasteiger partial charge in [0.15, 0.2) is 0 Å². The van der Waals surface area contributed by atoms with Crippen LogP contribution in [0.25, 0.3) is 10.8 Å². The Balaban J connectivity index is 2.65. The van der Waals surface area contributed by atoms with Crippen molar-refractivity contribution in [3.8, 4) is 0 Å². The fourth-order valence-corrected chi connectivity index (χ4v) is 1.72. The molecular weight excluding hydrogens is 170 g/mol. The summed E-state index contributed by atoms with van der Waals surface area (Å²) in [6.07, 6.45) is 0. The van der Waals surface area contributed by atoms with Crippen molar-refractivity contribution in [2.75, 3.05) is 7.05 Å². The number of nitrogens with one attached hydrogen (secondary N) is 1. The highest BCUT2D eigenvalue weighted by atomic mass is 14.8. The van der Waals surface area contributed by atoms with Crippen molar-refractivity contribution in [2.24, 2.45) is 0 Å². The highest BCUT2D eigenvalue weighted by Crippen LogP contribution is 2.23. The van der Waals surface area contributed by atoms with Gasteiger partial charge in [-0.1, -0.05) is 30.3 Å². The molecule has 0 aliphatic rings. The second kappa shape index (κ2) is 3.81.